The van der Waals surface area contributed by atoms with Gasteiger partial charge in [-0.1, -0.05) is 39.7 Å². The lowest BCUT2D eigenvalue weighted by atomic mass is 10.2. The second-order valence-corrected chi connectivity index (χ2v) is 5.57. The SMILES string of the molecule is COc1ccc(Cl)cc1NC(=O)/C=C/c1ccc(Br)cc1. The van der Waals surface area contributed by atoms with E-state index in [-0.39, 0.29) is 5.91 Å². The molecule has 0 saturated carbocycles. The number of ether oxygens (including phenoxy) is 1. The van der Waals surface area contributed by atoms with Crippen LogP contribution in [0.3, 0.4) is 0 Å². The average molecular weight is 367 g/mol. The Morgan fingerprint density at radius 3 is 2.62 bits per heavy atom. The summed E-state index contributed by atoms with van der Waals surface area (Å²) in [6.07, 6.45) is 3.20. The van der Waals surface area contributed by atoms with Crippen LogP contribution in [0.15, 0.2) is 53.0 Å². The number of hydrogen-bond acceptors (Lipinski definition) is 2. The third kappa shape index (κ3) is 4.62. The molecule has 0 aliphatic carbocycles. The van der Waals surface area contributed by atoms with Gasteiger partial charge >= 0.3 is 0 Å². The molecule has 21 heavy (non-hydrogen) atoms. The van der Waals surface area contributed by atoms with Gasteiger partial charge in [0.05, 0.1) is 12.8 Å². The van der Waals surface area contributed by atoms with Crippen LogP contribution in [-0.2, 0) is 4.79 Å². The molecule has 0 atom stereocenters. The Hall–Kier alpha value is -1.78. The number of anilines is 1. The van der Waals surface area contributed by atoms with Crippen LogP contribution in [0.2, 0.25) is 5.02 Å². The molecule has 5 heteroatoms. The van der Waals surface area contributed by atoms with Gasteiger partial charge in [-0.05, 0) is 42.0 Å². The van der Waals surface area contributed by atoms with E-state index in [4.69, 9.17) is 16.3 Å². The minimum absolute atomic E-state index is 0.251. The summed E-state index contributed by atoms with van der Waals surface area (Å²) < 4.78 is 6.17. The summed E-state index contributed by atoms with van der Waals surface area (Å²) in [7, 11) is 1.54. The van der Waals surface area contributed by atoms with E-state index in [9.17, 15) is 4.79 Å². The first-order valence-electron chi connectivity index (χ1n) is 6.16. The highest BCUT2D eigenvalue weighted by Crippen LogP contribution is 2.27. The molecule has 0 unspecified atom stereocenters. The quantitative estimate of drug-likeness (QED) is 0.792. The van der Waals surface area contributed by atoms with Gasteiger partial charge in [-0.2, -0.15) is 0 Å². The fourth-order valence-electron chi connectivity index (χ4n) is 1.70. The Kier molecular flexibility index (Phi) is 5.42. The Morgan fingerprint density at radius 2 is 1.95 bits per heavy atom. The lowest BCUT2D eigenvalue weighted by molar-refractivity contribution is -0.111. The molecule has 0 radical (unpaired) electrons. The minimum atomic E-state index is -0.251. The molecule has 0 bridgehead atoms. The molecule has 3 nitrogen and oxygen atoms in total. The first kappa shape index (κ1) is 15.6. The number of halogens is 2. The van der Waals surface area contributed by atoms with Gasteiger partial charge in [0.25, 0.3) is 0 Å². The molecular formula is C16H13BrClNO2. The van der Waals surface area contributed by atoms with Crippen molar-refractivity contribution in [3.8, 4) is 5.75 Å². The highest BCUT2D eigenvalue weighted by molar-refractivity contribution is 9.10. The zero-order valence-corrected chi connectivity index (χ0v) is 13.6. The number of carbonyl (C=O) groups is 1. The average Bonchev–Trinajstić information content (AvgIpc) is 2.47. The smallest absolute Gasteiger partial charge is 0.248 e. The van der Waals surface area contributed by atoms with Gasteiger partial charge in [0.2, 0.25) is 5.91 Å². The van der Waals surface area contributed by atoms with E-state index < -0.39 is 0 Å². The van der Waals surface area contributed by atoms with Gasteiger partial charge in [-0.15, -0.1) is 0 Å². The number of hydrogen-bond donors (Lipinski definition) is 1. The summed E-state index contributed by atoms with van der Waals surface area (Å²) in [5, 5.41) is 3.27. The Balaban J connectivity index is 2.08. The van der Waals surface area contributed by atoms with Gasteiger partial charge in [0.1, 0.15) is 5.75 Å². The highest BCUT2D eigenvalue weighted by Gasteiger charge is 2.06. The number of amides is 1. The number of rotatable bonds is 4. The Morgan fingerprint density at radius 1 is 1.24 bits per heavy atom. The van der Waals surface area contributed by atoms with Crippen LogP contribution in [0.1, 0.15) is 5.56 Å². The molecule has 0 aliphatic heterocycles. The fraction of sp³-hybridized carbons (Fsp3) is 0.0625. The first-order valence-corrected chi connectivity index (χ1v) is 7.34. The van der Waals surface area contributed by atoms with Crippen LogP contribution in [-0.4, -0.2) is 13.0 Å². The van der Waals surface area contributed by atoms with E-state index in [2.05, 4.69) is 21.2 Å². The summed E-state index contributed by atoms with van der Waals surface area (Å²) in [5.41, 5.74) is 1.47. The van der Waals surface area contributed by atoms with Gasteiger partial charge < -0.3 is 10.1 Å². The second-order valence-electron chi connectivity index (χ2n) is 4.22. The van der Waals surface area contributed by atoms with Crippen molar-refractivity contribution < 1.29 is 9.53 Å². The van der Waals surface area contributed by atoms with Crippen LogP contribution in [0, 0.1) is 0 Å². The summed E-state index contributed by atoms with van der Waals surface area (Å²) in [6, 6.07) is 12.7. The van der Waals surface area contributed by atoms with Crippen molar-refractivity contribution in [2.45, 2.75) is 0 Å². The Labute approximate surface area is 136 Å². The monoisotopic (exact) mass is 365 g/mol. The molecule has 0 aromatic heterocycles. The van der Waals surface area contributed by atoms with Gasteiger partial charge in [0.15, 0.2) is 0 Å². The van der Waals surface area contributed by atoms with Crippen molar-refractivity contribution in [1.29, 1.82) is 0 Å². The van der Waals surface area contributed by atoms with Crippen molar-refractivity contribution in [3.05, 3.63) is 63.6 Å². The van der Waals surface area contributed by atoms with Gasteiger partial charge in [-0.25, -0.2) is 0 Å². The fourth-order valence-corrected chi connectivity index (χ4v) is 2.13. The van der Waals surface area contributed by atoms with E-state index in [0.29, 0.717) is 16.5 Å². The number of methoxy groups -OCH3 is 1. The Bertz CT molecular complexity index is 668. The number of carbonyl (C=O) groups excluding carboxylic acids is 1. The molecule has 0 heterocycles. The predicted octanol–water partition coefficient (Wildman–Crippen LogP) is 4.76. The topological polar surface area (TPSA) is 38.3 Å². The van der Waals surface area contributed by atoms with Crippen molar-refractivity contribution in [2.75, 3.05) is 12.4 Å². The van der Waals surface area contributed by atoms with Crippen molar-refractivity contribution in [2.24, 2.45) is 0 Å². The maximum atomic E-state index is 11.9. The molecule has 2 aromatic rings. The predicted molar refractivity (Wildman–Crippen MR) is 89.8 cm³/mol. The van der Waals surface area contributed by atoms with Crippen molar-refractivity contribution >= 4 is 45.2 Å². The molecule has 1 amide bonds. The van der Waals surface area contributed by atoms with Gasteiger partial charge in [0, 0.05) is 15.6 Å². The summed E-state index contributed by atoms with van der Waals surface area (Å²) in [5.74, 6) is 0.309. The maximum Gasteiger partial charge on any atom is 0.248 e. The summed E-state index contributed by atoms with van der Waals surface area (Å²) >= 11 is 9.28. The van der Waals surface area contributed by atoms with Crippen LogP contribution in [0.5, 0.6) is 5.75 Å². The largest absolute Gasteiger partial charge is 0.495 e. The maximum absolute atomic E-state index is 11.9. The molecule has 2 aromatic carbocycles. The molecule has 0 aliphatic rings. The molecular weight excluding hydrogens is 354 g/mol. The van der Waals surface area contributed by atoms with Crippen LogP contribution in [0.25, 0.3) is 6.08 Å². The number of nitrogens with one attached hydrogen (secondary N) is 1. The lowest BCUT2D eigenvalue weighted by Gasteiger charge is -2.08. The van der Waals surface area contributed by atoms with E-state index >= 15 is 0 Å². The molecule has 0 fully saturated rings. The third-order valence-corrected chi connectivity index (χ3v) is 3.48. The summed E-state index contributed by atoms with van der Waals surface area (Å²) in [6.45, 7) is 0. The van der Waals surface area contributed by atoms with Crippen molar-refractivity contribution in [1.82, 2.24) is 0 Å². The molecule has 0 spiro atoms. The van der Waals surface area contributed by atoms with Crippen LogP contribution in [0.4, 0.5) is 5.69 Å². The van der Waals surface area contributed by atoms with Crippen LogP contribution < -0.4 is 10.1 Å². The lowest BCUT2D eigenvalue weighted by Crippen LogP contribution is -2.08. The van der Waals surface area contributed by atoms with E-state index in [0.717, 1.165) is 10.0 Å². The standard InChI is InChI=1S/C16H13BrClNO2/c1-21-15-8-7-13(18)10-14(15)19-16(20)9-4-11-2-5-12(17)6-3-11/h2-10H,1H3,(H,19,20)/b9-4+. The first-order chi connectivity index (χ1) is 10.1. The molecule has 0 saturated heterocycles. The second kappa shape index (κ2) is 7.29. The van der Waals surface area contributed by atoms with E-state index in [1.54, 1.807) is 24.3 Å². The highest BCUT2D eigenvalue weighted by atomic mass is 79.9. The minimum Gasteiger partial charge on any atom is -0.495 e. The third-order valence-electron chi connectivity index (χ3n) is 2.72. The molecule has 108 valence electrons. The number of benzene rings is 2. The van der Waals surface area contributed by atoms with Gasteiger partial charge in [-0.3, -0.25) is 4.79 Å². The zero-order valence-electron chi connectivity index (χ0n) is 11.3. The van der Waals surface area contributed by atoms with E-state index in [1.165, 1.54) is 13.2 Å². The zero-order chi connectivity index (χ0) is 15.2. The van der Waals surface area contributed by atoms with E-state index in [1.807, 2.05) is 24.3 Å². The van der Waals surface area contributed by atoms with Crippen LogP contribution >= 0.6 is 27.5 Å². The molecule has 1 N–H and O–H groups in total. The molecule has 2 rings (SSSR count). The van der Waals surface area contributed by atoms with Crippen molar-refractivity contribution in [3.63, 3.8) is 0 Å². The normalized spacial score (nSPS) is 10.6. The summed E-state index contributed by atoms with van der Waals surface area (Å²) in [4.78, 5) is 11.9.